The smallest absolute Gasteiger partial charge is 0.352 e. The number of amides is 2. The minimum atomic E-state index is -1.22. The molecular weight excluding hydrogens is 522 g/mol. The van der Waals surface area contributed by atoms with Crippen LogP contribution in [0.1, 0.15) is 18.0 Å². The Bertz CT molecular complexity index is 1240. The highest BCUT2D eigenvalue weighted by molar-refractivity contribution is 8.01. The summed E-state index contributed by atoms with van der Waals surface area (Å²) in [5.41, 5.74) is 0.101. The summed E-state index contributed by atoms with van der Waals surface area (Å²) >= 11 is 4.10. The molecule has 14 nitrogen and oxygen atoms in total. The van der Waals surface area contributed by atoms with E-state index in [0.29, 0.717) is 21.4 Å². The number of rotatable bonds is 9. The van der Waals surface area contributed by atoms with Crippen molar-refractivity contribution in [2.24, 2.45) is 0 Å². The van der Waals surface area contributed by atoms with Crippen LogP contribution in [-0.4, -0.2) is 82.7 Å². The van der Waals surface area contributed by atoms with Crippen LogP contribution in [0.3, 0.4) is 0 Å². The molecule has 3 unspecified atom stereocenters. The van der Waals surface area contributed by atoms with E-state index in [2.05, 4.69) is 20.6 Å². The van der Waals surface area contributed by atoms with Crippen LogP contribution in [0.15, 0.2) is 21.8 Å². The maximum Gasteiger partial charge on any atom is 0.352 e. The second-order valence-corrected chi connectivity index (χ2v) is 11.0. The Morgan fingerprint density at radius 3 is 2.77 bits per heavy atom. The van der Waals surface area contributed by atoms with Crippen LogP contribution in [0.4, 0.5) is 5.69 Å². The molecule has 2 N–H and O–H groups in total. The first-order valence-corrected chi connectivity index (χ1v) is 12.9. The first-order chi connectivity index (χ1) is 16.6. The molecule has 2 aromatic heterocycles. The zero-order valence-corrected chi connectivity index (χ0v) is 21.0. The van der Waals surface area contributed by atoms with Gasteiger partial charge in [0.2, 0.25) is 5.91 Å². The van der Waals surface area contributed by atoms with Gasteiger partial charge in [0, 0.05) is 11.5 Å². The third kappa shape index (κ3) is 4.70. The summed E-state index contributed by atoms with van der Waals surface area (Å²) in [4.78, 5) is 49.3. The summed E-state index contributed by atoms with van der Waals surface area (Å²) in [5, 5.41) is 35.6. The Hall–Kier alpha value is -3.18. The third-order valence-corrected chi connectivity index (χ3v) is 8.67. The van der Waals surface area contributed by atoms with E-state index in [1.165, 1.54) is 53.8 Å². The van der Waals surface area contributed by atoms with Crippen LogP contribution in [0.5, 0.6) is 5.88 Å². The molecule has 0 saturated carbocycles. The number of ether oxygens (including phenoxy) is 1. The van der Waals surface area contributed by atoms with E-state index >= 15 is 0 Å². The van der Waals surface area contributed by atoms with Gasteiger partial charge in [-0.2, -0.15) is 0 Å². The summed E-state index contributed by atoms with van der Waals surface area (Å²) in [6.45, 7) is 3.29. The Morgan fingerprint density at radius 1 is 1.46 bits per heavy atom. The van der Waals surface area contributed by atoms with Crippen LogP contribution >= 0.6 is 34.9 Å². The fourth-order valence-electron chi connectivity index (χ4n) is 3.51. The summed E-state index contributed by atoms with van der Waals surface area (Å²) in [5.74, 6) is -1.90. The zero-order valence-electron chi connectivity index (χ0n) is 18.5. The fraction of sp³-hybridized carbons (Fsp3) is 0.444. The van der Waals surface area contributed by atoms with Gasteiger partial charge in [0.05, 0.1) is 12.0 Å². The van der Waals surface area contributed by atoms with Crippen molar-refractivity contribution < 1.29 is 29.2 Å². The van der Waals surface area contributed by atoms with Gasteiger partial charge in [0.15, 0.2) is 4.34 Å². The lowest BCUT2D eigenvalue weighted by Gasteiger charge is -2.49. The van der Waals surface area contributed by atoms with Gasteiger partial charge in [0.25, 0.3) is 5.91 Å². The van der Waals surface area contributed by atoms with Crippen LogP contribution in [0.2, 0.25) is 0 Å². The molecule has 2 aliphatic heterocycles. The number of carbonyl (C=O) groups excluding carboxylic acids is 2. The summed E-state index contributed by atoms with van der Waals surface area (Å²) < 4.78 is 6.66. The van der Waals surface area contributed by atoms with Crippen LogP contribution in [0, 0.1) is 17.0 Å². The monoisotopic (exact) mass is 541 g/mol. The number of thioether (sulfide) groups is 2. The largest absolute Gasteiger partial charge is 0.477 e. The molecule has 4 rings (SSSR count). The summed E-state index contributed by atoms with van der Waals surface area (Å²) in [6, 6.07) is -1.92. The molecule has 17 heteroatoms. The molecule has 35 heavy (non-hydrogen) atoms. The number of nitro groups is 1. The number of fused-ring (bicyclic) bond motifs is 1. The number of aromatic nitrogens is 4. The average Bonchev–Trinajstić information content (AvgIpc) is 3.45. The molecule has 1 saturated heterocycles. The zero-order chi connectivity index (χ0) is 25.4. The molecule has 2 aliphatic rings. The number of methoxy groups -OCH3 is 1. The molecule has 0 spiro atoms. The standard InChI is InChI=1S/C18H19N7O7S3/c1-7(23-4-10(25(30)31)14(22-23)32-3)13(26)19-11-15(27)24-12(17(28)29)9(5-33-16(11)24)6-34-18-21-20-8(2)35-18/h4,7,11,16H,5-6H2,1-3H3,(H,19,26)(H,28,29). The van der Waals surface area contributed by atoms with E-state index in [1.54, 1.807) is 0 Å². The molecule has 1 fully saturated rings. The first-order valence-electron chi connectivity index (χ1n) is 10.0. The fourth-order valence-corrected chi connectivity index (χ4v) is 6.81. The number of aryl methyl sites for hydroxylation is 1. The van der Waals surface area contributed by atoms with Crippen molar-refractivity contribution in [1.82, 2.24) is 30.2 Å². The number of carboxylic acid groups (broad SMARTS) is 1. The van der Waals surface area contributed by atoms with Crippen molar-refractivity contribution in [2.75, 3.05) is 18.6 Å². The molecule has 186 valence electrons. The van der Waals surface area contributed by atoms with Gasteiger partial charge in [-0.25, -0.2) is 9.48 Å². The Kier molecular flexibility index (Phi) is 7.00. The number of carbonyl (C=O) groups is 3. The van der Waals surface area contributed by atoms with E-state index in [0.717, 1.165) is 15.9 Å². The topological polar surface area (TPSA) is 183 Å². The predicted molar refractivity (Wildman–Crippen MR) is 125 cm³/mol. The van der Waals surface area contributed by atoms with Gasteiger partial charge in [-0.3, -0.25) is 24.6 Å². The second-order valence-electron chi connectivity index (χ2n) is 7.47. The van der Waals surface area contributed by atoms with E-state index in [-0.39, 0.29) is 11.6 Å². The van der Waals surface area contributed by atoms with Crippen molar-refractivity contribution in [3.05, 3.63) is 32.6 Å². The maximum atomic E-state index is 12.9. The van der Waals surface area contributed by atoms with Crippen LogP contribution in [0.25, 0.3) is 0 Å². The van der Waals surface area contributed by atoms with Gasteiger partial charge < -0.3 is 15.2 Å². The third-order valence-electron chi connectivity index (χ3n) is 5.27. The van der Waals surface area contributed by atoms with Gasteiger partial charge in [-0.05, 0) is 19.4 Å². The number of hydrogen-bond acceptors (Lipinski definition) is 12. The molecular formula is C18H19N7O7S3. The number of aliphatic carboxylic acids is 1. The predicted octanol–water partition coefficient (Wildman–Crippen LogP) is 1.05. The number of nitrogens with zero attached hydrogens (tertiary/aromatic N) is 6. The number of β-lactam (4-membered cyclic amide) rings is 1. The van der Waals surface area contributed by atoms with Gasteiger partial charge in [-0.15, -0.1) is 27.1 Å². The lowest BCUT2D eigenvalue weighted by molar-refractivity contribution is -0.385. The van der Waals surface area contributed by atoms with Crippen molar-refractivity contribution >= 4 is 58.3 Å². The second kappa shape index (κ2) is 9.82. The van der Waals surface area contributed by atoms with Crippen molar-refractivity contribution in [3.63, 3.8) is 0 Å². The van der Waals surface area contributed by atoms with Gasteiger partial charge in [-0.1, -0.05) is 23.1 Å². The normalized spacial score (nSPS) is 20.2. The summed E-state index contributed by atoms with van der Waals surface area (Å²) in [6.07, 6.45) is 1.07. The van der Waals surface area contributed by atoms with Gasteiger partial charge in [0.1, 0.15) is 34.4 Å². The van der Waals surface area contributed by atoms with Crippen LogP contribution < -0.4 is 10.1 Å². The molecule has 4 heterocycles. The highest BCUT2D eigenvalue weighted by atomic mass is 32.2. The highest BCUT2D eigenvalue weighted by Crippen LogP contribution is 2.42. The van der Waals surface area contributed by atoms with Crippen molar-refractivity contribution in [1.29, 1.82) is 0 Å². The molecule has 0 bridgehead atoms. The van der Waals surface area contributed by atoms with E-state index < -0.39 is 45.9 Å². The Labute approximate surface area is 210 Å². The molecule has 2 aromatic rings. The lowest BCUT2D eigenvalue weighted by atomic mass is 10.0. The minimum Gasteiger partial charge on any atom is -0.477 e. The highest BCUT2D eigenvalue weighted by Gasteiger charge is 2.54. The van der Waals surface area contributed by atoms with E-state index in [9.17, 15) is 29.6 Å². The van der Waals surface area contributed by atoms with Crippen LogP contribution in [-0.2, 0) is 14.4 Å². The summed E-state index contributed by atoms with van der Waals surface area (Å²) in [7, 11) is 1.22. The van der Waals surface area contributed by atoms with E-state index in [1.807, 2.05) is 6.92 Å². The van der Waals surface area contributed by atoms with Crippen molar-refractivity contribution in [3.8, 4) is 5.88 Å². The van der Waals surface area contributed by atoms with E-state index in [4.69, 9.17) is 4.74 Å². The molecule has 2 amide bonds. The molecule has 3 atom stereocenters. The molecule has 0 radical (unpaired) electrons. The number of carboxylic acids is 1. The minimum absolute atomic E-state index is 0.0847. The number of hydrogen-bond donors (Lipinski definition) is 2. The molecule has 0 aromatic carbocycles. The molecule has 0 aliphatic carbocycles. The Balaban J connectivity index is 1.45. The first kappa shape index (κ1) is 24.9. The average molecular weight is 542 g/mol. The van der Waals surface area contributed by atoms with Gasteiger partial charge >= 0.3 is 17.5 Å². The number of nitrogens with one attached hydrogen (secondary N) is 1. The lowest BCUT2D eigenvalue weighted by Crippen LogP contribution is -2.71. The quantitative estimate of drug-likeness (QED) is 0.199. The maximum absolute atomic E-state index is 12.9. The van der Waals surface area contributed by atoms with Crippen molar-refractivity contribution in [2.45, 2.75) is 35.6 Å². The SMILES string of the molecule is COc1nn(C(C)C(=O)NC2C(=O)N3C(C(=O)O)=C(CSc4nnc(C)s4)CSC23)cc1[N+](=O)[O-]. The Morgan fingerprint density at radius 2 is 2.20 bits per heavy atom.